The van der Waals surface area contributed by atoms with E-state index in [0.29, 0.717) is 0 Å². The molecule has 44 heavy (non-hydrogen) atoms. The van der Waals surface area contributed by atoms with Gasteiger partial charge in [-0.25, -0.2) is 0 Å². The van der Waals surface area contributed by atoms with Crippen LogP contribution in [0.2, 0.25) is 0 Å². The summed E-state index contributed by atoms with van der Waals surface area (Å²) in [5.41, 5.74) is 8.64. The third-order valence-electron chi connectivity index (χ3n) is 8.51. The van der Waals surface area contributed by atoms with Gasteiger partial charge in [0.2, 0.25) is 5.91 Å². The topological polar surface area (TPSA) is 41.6 Å². The van der Waals surface area contributed by atoms with Crippen LogP contribution in [-0.4, -0.2) is 50.2 Å². The molecule has 250 valence electrons. The fraction of sp³-hybridized carbons (Fsp3) is 0.675. The third-order valence-corrected chi connectivity index (χ3v) is 8.51. The Morgan fingerprint density at radius 3 is 2.09 bits per heavy atom. The van der Waals surface area contributed by atoms with Crippen molar-refractivity contribution in [3.63, 3.8) is 0 Å². The van der Waals surface area contributed by atoms with Gasteiger partial charge in [0.25, 0.3) is 0 Å². The van der Waals surface area contributed by atoms with Crippen LogP contribution in [0.1, 0.15) is 132 Å². The Bertz CT molecular complexity index is 967. The lowest BCUT2D eigenvalue weighted by Gasteiger charge is -2.26. The zero-order valence-corrected chi connectivity index (χ0v) is 29.9. The second-order valence-electron chi connectivity index (χ2n) is 13.4. The number of nitrogens with one attached hydrogen (secondary N) is 1. The second kappa shape index (κ2) is 25.1. The average Bonchev–Trinajstić information content (AvgIpc) is 2.99. The minimum absolute atomic E-state index is 0.168. The standard InChI is InChI=1S/C25H42N2O2.C15H26/c1-21(2)8-4-9-22(3)10-5-11-23-12-6-13-24(20-23)25(28)26-14-7-15-27-16-18-29-19-17-27;1-6-14(4)10-8-12-15(5)11-7-9-13(2)3/h8,10,12,24H,4-7,9,11,13-20H2,1-3H3,(H,26,28);9,12H,4,6-8,10-11H2,1-3,5H3/b22-10+;15-12+. The molecule has 1 aliphatic heterocycles. The first kappa shape index (κ1) is 39.9. The Kier molecular flexibility index (Phi) is 22.7. The first-order valence-electron chi connectivity index (χ1n) is 17.6. The van der Waals surface area contributed by atoms with E-state index in [1.165, 1.54) is 46.3 Å². The number of hydrogen-bond acceptors (Lipinski definition) is 3. The highest BCUT2D eigenvalue weighted by molar-refractivity contribution is 5.79. The Morgan fingerprint density at radius 1 is 0.909 bits per heavy atom. The fourth-order valence-corrected chi connectivity index (χ4v) is 5.49. The van der Waals surface area contributed by atoms with Gasteiger partial charge < -0.3 is 10.1 Å². The Hall–Kier alpha value is -2.17. The zero-order chi connectivity index (χ0) is 32.6. The summed E-state index contributed by atoms with van der Waals surface area (Å²) < 4.78 is 5.38. The number of rotatable bonds is 18. The summed E-state index contributed by atoms with van der Waals surface area (Å²) in [5, 5.41) is 3.18. The smallest absolute Gasteiger partial charge is 0.223 e. The van der Waals surface area contributed by atoms with Crippen molar-refractivity contribution in [2.75, 3.05) is 39.4 Å². The maximum absolute atomic E-state index is 12.6. The highest BCUT2D eigenvalue weighted by atomic mass is 16.5. The third kappa shape index (κ3) is 21.5. The molecule has 1 saturated heterocycles. The minimum Gasteiger partial charge on any atom is -0.379 e. The molecular weight excluding hydrogens is 540 g/mol. The summed E-state index contributed by atoms with van der Waals surface area (Å²) in [4.78, 5) is 15.0. The predicted molar refractivity (Wildman–Crippen MR) is 193 cm³/mol. The van der Waals surface area contributed by atoms with E-state index >= 15 is 0 Å². The molecule has 4 nitrogen and oxygen atoms in total. The van der Waals surface area contributed by atoms with Crippen molar-refractivity contribution in [1.82, 2.24) is 10.2 Å². The minimum atomic E-state index is 0.168. The molecule has 1 amide bonds. The first-order chi connectivity index (χ1) is 21.1. The summed E-state index contributed by atoms with van der Waals surface area (Å²) >= 11 is 0. The van der Waals surface area contributed by atoms with Crippen molar-refractivity contribution in [3.05, 3.63) is 70.4 Å². The number of carbonyl (C=O) groups excluding carboxylic acids is 1. The number of hydrogen-bond donors (Lipinski definition) is 1. The van der Waals surface area contributed by atoms with Gasteiger partial charge in [-0.1, -0.05) is 77.3 Å². The van der Waals surface area contributed by atoms with Gasteiger partial charge in [-0.3, -0.25) is 9.69 Å². The molecule has 0 aromatic heterocycles. The van der Waals surface area contributed by atoms with Crippen LogP contribution in [0.15, 0.2) is 70.4 Å². The molecule has 0 aromatic rings. The molecule has 0 saturated carbocycles. The molecular formula is C40H68N2O2. The van der Waals surface area contributed by atoms with E-state index in [9.17, 15) is 4.79 Å². The van der Waals surface area contributed by atoms with Gasteiger partial charge in [-0.15, -0.1) is 0 Å². The molecule has 1 aliphatic carbocycles. The molecule has 1 atom stereocenters. The lowest BCUT2D eigenvalue weighted by atomic mass is 9.86. The first-order valence-corrected chi connectivity index (χ1v) is 17.6. The molecule has 2 rings (SSSR count). The van der Waals surface area contributed by atoms with E-state index in [1.807, 2.05) is 0 Å². The average molecular weight is 609 g/mol. The Morgan fingerprint density at radius 2 is 1.50 bits per heavy atom. The number of morpholine rings is 1. The molecule has 0 spiro atoms. The van der Waals surface area contributed by atoms with Crippen LogP contribution >= 0.6 is 0 Å². The van der Waals surface area contributed by atoms with E-state index < -0.39 is 0 Å². The summed E-state index contributed by atoms with van der Waals surface area (Å²) in [7, 11) is 0. The predicted octanol–water partition coefficient (Wildman–Crippen LogP) is 10.4. The van der Waals surface area contributed by atoms with E-state index in [0.717, 1.165) is 110 Å². The normalized spacial score (nSPS) is 17.6. The van der Waals surface area contributed by atoms with Crippen LogP contribution in [0, 0.1) is 5.92 Å². The molecule has 1 N–H and O–H groups in total. The number of carbonyl (C=O) groups is 1. The van der Waals surface area contributed by atoms with Gasteiger partial charge in [-0.2, -0.15) is 0 Å². The van der Waals surface area contributed by atoms with Gasteiger partial charge in [0, 0.05) is 25.6 Å². The van der Waals surface area contributed by atoms with Crippen LogP contribution in [0.25, 0.3) is 0 Å². The van der Waals surface area contributed by atoms with Crippen LogP contribution in [-0.2, 0) is 9.53 Å². The lowest BCUT2D eigenvalue weighted by molar-refractivity contribution is -0.125. The van der Waals surface area contributed by atoms with E-state index in [1.54, 1.807) is 0 Å². The second-order valence-corrected chi connectivity index (χ2v) is 13.4. The van der Waals surface area contributed by atoms with Crippen molar-refractivity contribution in [2.24, 2.45) is 5.92 Å². The molecule has 0 radical (unpaired) electrons. The Balaban J connectivity index is 0.000000546. The van der Waals surface area contributed by atoms with E-state index in [4.69, 9.17) is 4.74 Å². The molecule has 0 aromatic carbocycles. The zero-order valence-electron chi connectivity index (χ0n) is 29.9. The summed E-state index contributed by atoms with van der Waals surface area (Å²) in [6, 6.07) is 0. The van der Waals surface area contributed by atoms with Crippen LogP contribution in [0.4, 0.5) is 0 Å². The van der Waals surface area contributed by atoms with Crippen LogP contribution < -0.4 is 5.32 Å². The SMILES string of the molecule is C=C(CC)CC/C=C(\C)CCC=C(C)C.CC(C)=CCC/C(C)=C/CCC1=CCCC(C(=O)NCCCN2CCOCC2)C1. The van der Waals surface area contributed by atoms with Crippen molar-refractivity contribution >= 4 is 5.91 Å². The molecule has 4 heteroatoms. The van der Waals surface area contributed by atoms with Gasteiger partial charge in [0.05, 0.1) is 13.2 Å². The molecule has 1 fully saturated rings. The van der Waals surface area contributed by atoms with E-state index in [2.05, 4.69) is 95.6 Å². The number of amides is 1. The molecule has 2 aliphatic rings. The van der Waals surface area contributed by atoms with E-state index in [-0.39, 0.29) is 11.8 Å². The van der Waals surface area contributed by atoms with Crippen molar-refractivity contribution in [1.29, 1.82) is 0 Å². The van der Waals surface area contributed by atoms with Gasteiger partial charge in [-0.05, 0) is 132 Å². The van der Waals surface area contributed by atoms with Crippen LogP contribution in [0.3, 0.4) is 0 Å². The number of nitrogens with zero attached hydrogens (tertiary/aromatic N) is 1. The molecule has 1 heterocycles. The number of ether oxygens (including phenoxy) is 1. The van der Waals surface area contributed by atoms with Crippen LogP contribution in [0.5, 0.6) is 0 Å². The Labute approximate surface area is 272 Å². The lowest BCUT2D eigenvalue weighted by Crippen LogP contribution is -2.39. The van der Waals surface area contributed by atoms with Gasteiger partial charge >= 0.3 is 0 Å². The quantitative estimate of drug-likeness (QED) is 0.124. The largest absolute Gasteiger partial charge is 0.379 e. The maximum Gasteiger partial charge on any atom is 0.223 e. The van der Waals surface area contributed by atoms with Crippen molar-refractivity contribution in [3.8, 4) is 0 Å². The summed E-state index contributed by atoms with van der Waals surface area (Å²) in [5.74, 6) is 0.423. The van der Waals surface area contributed by atoms with Crippen molar-refractivity contribution in [2.45, 2.75) is 132 Å². The highest BCUT2D eigenvalue weighted by Crippen LogP contribution is 2.27. The molecule has 0 bridgehead atoms. The summed E-state index contributed by atoms with van der Waals surface area (Å²) in [6.07, 6.45) is 26.0. The maximum atomic E-state index is 12.6. The fourth-order valence-electron chi connectivity index (χ4n) is 5.49. The van der Waals surface area contributed by atoms with Gasteiger partial charge in [0.1, 0.15) is 0 Å². The molecule has 1 unspecified atom stereocenters. The summed E-state index contributed by atoms with van der Waals surface area (Å²) in [6.45, 7) is 24.9. The monoisotopic (exact) mass is 609 g/mol. The number of allylic oxidation sites excluding steroid dienone is 11. The van der Waals surface area contributed by atoms with Crippen molar-refractivity contribution < 1.29 is 9.53 Å². The van der Waals surface area contributed by atoms with Gasteiger partial charge in [0.15, 0.2) is 0 Å². The highest BCUT2D eigenvalue weighted by Gasteiger charge is 2.22.